The van der Waals surface area contributed by atoms with E-state index in [1.807, 2.05) is 38.1 Å². The molecule has 0 radical (unpaired) electrons. The third kappa shape index (κ3) is 5.99. The van der Waals surface area contributed by atoms with Gasteiger partial charge in [-0.1, -0.05) is 12.1 Å². The van der Waals surface area contributed by atoms with E-state index in [4.69, 9.17) is 4.74 Å². The number of aliphatic hydroxyl groups excluding tert-OH is 1. The SMILES string of the molecule is CC#CCCC(O)CCOc1cccc(C)c1. The molecule has 0 aliphatic carbocycles. The minimum atomic E-state index is -0.319. The fourth-order valence-corrected chi connectivity index (χ4v) is 1.53. The molecule has 2 nitrogen and oxygen atoms in total. The lowest BCUT2D eigenvalue weighted by atomic mass is 10.1. The van der Waals surface area contributed by atoms with E-state index in [0.29, 0.717) is 13.0 Å². The summed E-state index contributed by atoms with van der Waals surface area (Å²) in [5, 5.41) is 9.66. The van der Waals surface area contributed by atoms with Gasteiger partial charge in [-0.25, -0.2) is 0 Å². The first-order valence-electron chi connectivity index (χ1n) is 5.99. The van der Waals surface area contributed by atoms with Gasteiger partial charge in [-0.3, -0.25) is 0 Å². The largest absolute Gasteiger partial charge is 0.493 e. The van der Waals surface area contributed by atoms with Gasteiger partial charge >= 0.3 is 0 Å². The van der Waals surface area contributed by atoms with Crippen LogP contribution in [-0.4, -0.2) is 17.8 Å². The lowest BCUT2D eigenvalue weighted by molar-refractivity contribution is 0.132. The Morgan fingerprint density at radius 3 is 2.88 bits per heavy atom. The Morgan fingerprint density at radius 1 is 1.35 bits per heavy atom. The van der Waals surface area contributed by atoms with Crippen LogP contribution in [0.2, 0.25) is 0 Å². The van der Waals surface area contributed by atoms with Crippen molar-refractivity contribution in [2.24, 2.45) is 0 Å². The first kappa shape index (κ1) is 13.6. The molecule has 2 heteroatoms. The van der Waals surface area contributed by atoms with Gasteiger partial charge < -0.3 is 9.84 Å². The van der Waals surface area contributed by atoms with Gasteiger partial charge in [0.1, 0.15) is 5.75 Å². The molecule has 0 aliphatic rings. The highest BCUT2D eigenvalue weighted by atomic mass is 16.5. The quantitative estimate of drug-likeness (QED) is 0.764. The van der Waals surface area contributed by atoms with E-state index in [0.717, 1.165) is 18.6 Å². The number of rotatable bonds is 6. The second kappa shape index (κ2) is 7.76. The summed E-state index contributed by atoms with van der Waals surface area (Å²) in [4.78, 5) is 0. The molecule has 0 bridgehead atoms. The van der Waals surface area contributed by atoms with Crippen LogP contribution in [0.5, 0.6) is 5.75 Å². The van der Waals surface area contributed by atoms with Crippen molar-refractivity contribution in [1.29, 1.82) is 0 Å². The molecule has 1 aromatic carbocycles. The zero-order chi connectivity index (χ0) is 12.5. The molecule has 17 heavy (non-hydrogen) atoms. The van der Waals surface area contributed by atoms with Crippen LogP contribution in [0.25, 0.3) is 0 Å². The highest BCUT2D eigenvalue weighted by Gasteiger charge is 2.03. The second-order valence-electron chi connectivity index (χ2n) is 4.07. The minimum absolute atomic E-state index is 0.319. The van der Waals surface area contributed by atoms with Crippen molar-refractivity contribution in [1.82, 2.24) is 0 Å². The summed E-state index contributed by atoms with van der Waals surface area (Å²) in [6.45, 7) is 4.39. The van der Waals surface area contributed by atoms with Crippen molar-refractivity contribution in [3.8, 4) is 17.6 Å². The number of benzene rings is 1. The summed E-state index contributed by atoms with van der Waals surface area (Å²) in [5.41, 5.74) is 1.18. The topological polar surface area (TPSA) is 29.5 Å². The molecule has 1 N–H and O–H groups in total. The average Bonchev–Trinajstić information content (AvgIpc) is 2.29. The van der Waals surface area contributed by atoms with Gasteiger partial charge in [0.2, 0.25) is 0 Å². The maximum absolute atomic E-state index is 9.66. The zero-order valence-corrected chi connectivity index (χ0v) is 10.6. The lowest BCUT2D eigenvalue weighted by Gasteiger charge is -2.10. The molecule has 0 spiro atoms. The zero-order valence-electron chi connectivity index (χ0n) is 10.6. The number of aliphatic hydroxyl groups is 1. The molecule has 1 unspecified atom stereocenters. The van der Waals surface area contributed by atoms with Gasteiger partial charge in [-0.2, -0.15) is 0 Å². The number of hydrogen-bond donors (Lipinski definition) is 1. The Bertz CT molecular complexity index is 387. The first-order valence-corrected chi connectivity index (χ1v) is 5.99. The molecule has 0 aromatic heterocycles. The van der Waals surface area contributed by atoms with E-state index < -0.39 is 0 Å². The van der Waals surface area contributed by atoms with Crippen LogP contribution in [0.1, 0.15) is 31.7 Å². The summed E-state index contributed by atoms with van der Waals surface area (Å²) in [5.74, 6) is 6.63. The molecule has 0 saturated carbocycles. The molecule has 0 amide bonds. The number of hydrogen-bond acceptors (Lipinski definition) is 2. The van der Waals surface area contributed by atoms with E-state index in [-0.39, 0.29) is 6.10 Å². The Labute approximate surface area is 104 Å². The molecule has 0 aliphatic heterocycles. The molecular weight excluding hydrogens is 212 g/mol. The predicted octanol–water partition coefficient (Wildman–Crippen LogP) is 2.93. The summed E-state index contributed by atoms with van der Waals surface area (Å²) in [6.07, 6.45) is 1.81. The second-order valence-corrected chi connectivity index (χ2v) is 4.07. The standard InChI is InChI=1S/C15H20O2/c1-3-4-5-8-14(16)10-11-17-15-9-6-7-13(2)12-15/h6-7,9,12,14,16H,5,8,10-11H2,1-2H3. The summed E-state index contributed by atoms with van der Waals surface area (Å²) >= 11 is 0. The van der Waals surface area contributed by atoms with Crippen molar-refractivity contribution >= 4 is 0 Å². The number of ether oxygens (including phenoxy) is 1. The molecule has 0 fully saturated rings. The van der Waals surface area contributed by atoms with E-state index >= 15 is 0 Å². The van der Waals surface area contributed by atoms with E-state index in [1.165, 1.54) is 5.56 Å². The van der Waals surface area contributed by atoms with E-state index in [9.17, 15) is 5.11 Å². The van der Waals surface area contributed by atoms with Crippen LogP contribution in [0, 0.1) is 18.8 Å². The van der Waals surface area contributed by atoms with E-state index in [1.54, 1.807) is 0 Å². The Kier molecular flexibility index (Phi) is 6.21. The van der Waals surface area contributed by atoms with Gasteiger partial charge in [0.05, 0.1) is 12.7 Å². The van der Waals surface area contributed by atoms with Crippen molar-refractivity contribution in [2.75, 3.05) is 6.61 Å². The van der Waals surface area contributed by atoms with Crippen LogP contribution >= 0.6 is 0 Å². The predicted molar refractivity (Wildman–Crippen MR) is 70.0 cm³/mol. The molecular formula is C15H20O2. The maximum Gasteiger partial charge on any atom is 0.119 e. The molecule has 0 saturated heterocycles. The minimum Gasteiger partial charge on any atom is -0.493 e. The van der Waals surface area contributed by atoms with Crippen LogP contribution in [0.3, 0.4) is 0 Å². The highest BCUT2D eigenvalue weighted by Crippen LogP contribution is 2.13. The normalized spacial score (nSPS) is 11.5. The van der Waals surface area contributed by atoms with Crippen LogP contribution in [0.4, 0.5) is 0 Å². The van der Waals surface area contributed by atoms with Crippen LogP contribution in [0.15, 0.2) is 24.3 Å². The molecule has 0 heterocycles. The maximum atomic E-state index is 9.66. The number of aryl methyl sites for hydroxylation is 1. The summed E-state index contributed by atoms with van der Waals surface area (Å²) < 4.78 is 5.57. The monoisotopic (exact) mass is 232 g/mol. The van der Waals surface area contributed by atoms with Gasteiger partial charge in [0, 0.05) is 12.8 Å². The van der Waals surface area contributed by atoms with Crippen LogP contribution in [-0.2, 0) is 0 Å². The smallest absolute Gasteiger partial charge is 0.119 e. The molecule has 92 valence electrons. The van der Waals surface area contributed by atoms with Gasteiger partial charge in [0.15, 0.2) is 0 Å². The third-order valence-electron chi connectivity index (χ3n) is 2.49. The average molecular weight is 232 g/mol. The summed E-state index contributed by atoms with van der Waals surface area (Å²) in [6, 6.07) is 7.93. The van der Waals surface area contributed by atoms with Crippen molar-refractivity contribution < 1.29 is 9.84 Å². The third-order valence-corrected chi connectivity index (χ3v) is 2.49. The van der Waals surface area contributed by atoms with Crippen LogP contribution < -0.4 is 4.74 Å². The first-order chi connectivity index (χ1) is 8.22. The fourth-order valence-electron chi connectivity index (χ4n) is 1.53. The van der Waals surface area contributed by atoms with Crippen molar-refractivity contribution in [3.63, 3.8) is 0 Å². The fraction of sp³-hybridized carbons (Fsp3) is 0.467. The summed E-state index contributed by atoms with van der Waals surface area (Å²) in [7, 11) is 0. The van der Waals surface area contributed by atoms with Crippen molar-refractivity contribution in [3.05, 3.63) is 29.8 Å². The Balaban J connectivity index is 2.20. The lowest BCUT2D eigenvalue weighted by Crippen LogP contribution is -2.11. The van der Waals surface area contributed by atoms with Crippen molar-refractivity contribution in [2.45, 2.75) is 39.2 Å². The molecule has 1 rings (SSSR count). The Hall–Kier alpha value is -1.46. The van der Waals surface area contributed by atoms with E-state index in [2.05, 4.69) is 11.8 Å². The van der Waals surface area contributed by atoms with Gasteiger partial charge in [-0.15, -0.1) is 11.8 Å². The molecule has 1 atom stereocenters. The Morgan fingerprint density at radius 2 is 2.18 bits per heavy atom. The highest BCUT2D eigenvalue weighted by molar-refractivity contribution is 5.27. The van der Waals surface area contributed by atoms with Gasteiger partial charge in [-0.05, 0) is 38.0 Å². The molecule has 1 aromatic rings. The van der Waals surface area contributed by atoms with Gasteiger partial charge in [0.25, 0.3) is 0 Å².